The van der Waals surface area contributed by atoms with Crippen LogP contribution < -0.4 is 5.32 Å². The smallest absolute Gasteiger partial charge is 0.320 e. The molecule has 0 spiro atoms. The fraction of sp³-hybridized carbons (Fsp3) is 0.353. The Morgan fingerprint density at radius 2 is 2.09 bits per heavy atom. The molecule has 0 unspecified atom stereocenters. The molecule has 0 fully saturated rings. The summed E-state index contributed by atoms with van der Waals surface area (Å²) in [5, 5.41) is 12.4. The van der Waals surface area contributed by atoms with Crippen molar-refractivity contribution in [2.45, 2.75) is 38.8 Å². The first kappa shape index (κ1) is 17.2. The van der Waals surface area contributed by atoms with E-state index in [1.807, 2.05) is 18.2 Å². The van der Waals surface area contributed by atoms with Crippen molar-refractivity contribution < 1.29 is 9.90 Å². The van der Waals surface area contributed by atoms with Gasteiger partial charge >= 0.3 is 5.97 Å². The number of hydrogen-bond donors (Lipinski definition) is 2. The molecule has 1 aromatic heterocycles. The van der Waals surface area contributed by atoms with Crippen molar-refractivity contribution in [3.63, 3.8) is 0 Å². The SMILES string of the molecule is CCCC[C@H](NCc1ccc(-c2ccccc2Br)s1)C(=O)O. The van der Waals surface area contributed by atoms with E-state index in [0.29, 0.717) is 13.0 Å². The fourth-order valence-electron chi connectivity index (χ4n) is 2.22. The lowest BCUT2D eigenvalue weighted by molar-refractivity contribution is -0.139. The summed E-state index contributed by atoms with van der Waals surface area (Å²) in [5.74, 6) is -0.768. The second-order valence-corrected chi connectivity index (χ2v) is 7.18. The second kappa shape index (κ2) is 8.46. The molecule has 118 valence electrons. The number of halogens is 1. The van der Waals surface area contributed by atoms with Gasteiger partial charge in [-0.05, 0) is 24.6 Å². The molecule has 3 nitrogen and oxygen atoms in total. The van der Waals surface area contributed by atoms with Gasteiger partial charge < -0.3 is 5.11 Å². The third-order valence-electron chi connectivity index (χ3n) is 3.47. The van der Waals surface area contributed by atoms with E-state index in [2.05, 4.69) is 46.4 Å². The highest BCUT2D eigenvalue weighted by molar-refractivity contribution is 9.10. The van der Waals surface area contributed by atoms with Crippen molar-refractivity contribution in [3.8, 4) is 10.4 Å². The Kier molecular flexibility index (Phi) is 6.61. The highest BCUT2D eigenvalue weighted by atomic mass is 79.9. The Morgan fingerprint density at radius 3 is 2.77 bits per heavy atom. The van der Waals surface area contributed by atoms with Gasteiger partial charge in [0.2, 0.25) is 0 Å². The maximum atomic E-state index is 11.2. The summed E-state index contributed by atoms with van der Waals surface area (Å²) in [6.45, 7) is 2.66. The van der Waals surface area contributed by atoms with Gasteiger partial charge in [-0.3, -0.25) is 10.1 Å². The minimum absolute atomic E-state index is 0.464. The van der Waals surface area contributed by atoms with Crippen LogP contribution >= 0.6 is 27.3 Å². The van der Waals surface area contributed by atoms with E-state index in [4.69, 9.17) is 0 Å². The third kappa shape index (κ3) is 4.66. The van der Waals surface area contributed by atoms with Crippen LogP contribution in [0.1, 0.15) is 31.1 Å². The molecular weight excluding hydrogens is 362 g/mol. The highest BCUT2D eigenvalue weighted by Crippen LogP contribution is 2.33. The molecule has 0 saturated heterocycles. The van der Waals surface area contributed by atoms with Gasteiger partial charge in [0, 0.05) is 26.3 Å². The van der Waals surface area contributed by atoms with E-state index in [0.717, 1.165) is 22.2 Å². The Hall–Kier alpha value is -1.17. The van der Waals surface area contributed by atoms with Crippen molar-refractivity contribution in [2.75, 3.05) is 0 Å². The van der Waals surface area contributed by atoms with E-state index >= 15 is 0 Å². The molecule has 0 aliphatic heterocycles. The zero-order valence-electron chi connectivity index (χ0n) is 12.5. The molecule has 2 rings (SSSR count). The average Bonchev–Trinajstić information content (AvgIpc) is 2.96. The summed E-state index contributed by atoms with van der Waals surface area (Å²) in [7, 11) is 0. The Labute approximate surface area is 143 Å². The summed E-state index contributed by atoms with van der Waals surface area (Å²) < 4.78 is 1.07. The van der Waals surface area contributed by atoms with Crippen LogP contribution in [0.3, 0.4) is 0 Å². The Morgan fingerprint density at radius 1 is 1.32 bits per heavy atom. The predicted molar refractivity (Wildman–Crippen MR) is 95.2 cm³/mol. The van der Waals surface area contributed by atoms with Crippen LogP contribution in [0.4, 0.5) is 0 Å². The first-order chi connectivity index (χ1) is 10.6. The number of thiophene rings is 1. The number of aliphatic carboxylic acids is 1. The lowest BCUT2D eigenvalue weighted by Crippen LogP contribution is -2.35. The van der Waals surface area contributed by atoms with Crippen LogP contribution in [0.5, 0.6) is 0 Å². The van der Waals surface area contributed by atoms with Crippen molar-refractivity contribution in [1.82, 2.24) is 5.32 Å². The zero-order chi connectivity index (χ0) is 15.9. The average molecular weight is 382 g/mol. The molecule has 2 N–H and O–H groups in total. The molecule has 0 radical (unpaired) electrons. The van der Waals surface area contributed by atoms with Gasteiger partial charge in [-0.25, -0.2) is 0 Å². The standard InChI is InChI=1S/C17H20BrNO2S/c1-2-3-8-15(17(20)21)19-11-12-9-10-16(22-12)13-6-4-5-7-14(13)18/h4-7,9-10,15,19H,2-3,8,11H2,1H3,(H,20,21)/t15-/m0/s1. The van der Waals surface area contributed by atoms with E-state index in [-0.39, 0.29) is 0 Å². The first-order valence-electron chi connectivity index (χ1n) is 7.41. The number of carboxylic acids is 1. The molecule has 0 aliphatic carbocycles. The number of unbranched alkanes of at least 4 members (excludes halogenated alkanes) is 1. The Balaban J connectivity index is 2.00. The molecule has 1 heterocycles. The molecule has 0 aliphatic rings. The predicted octanol–water partition coefficient (Wildman–Crippen LogP) is 4.91. The van der Waals surface area contributed by atoms with Crippen LogP contribution in [0.15, 0.2) is 40.9 Å². The maximum Gasteiger partial charge on any atom is 0.320 e. The van der Waals surface area contributed by atoms with Gasteiger partial charge in [-0.1, -0.05) is 53.9 Å². The normalized spacial score (nSPS) is 12.3. The van der Waals surface area contributed by atoms with Gasteiger partial charge in [0.05, 0.1) is 0 Å². The van der Waals surface area contributed by atoms with Crippen LogP contribution in [0, 0.1) is 0 Å². The number of nitrogens with one attached hydrogen (secondary N) is 1. The van der Waals surface area contributed by atoms with Gasteiger partial charge in [-0.2, -0.15) is 0 Å². The van der Waals surface area contributed by atoms with E-state index in [9.17, 15) is 9.90 Å². The van der Waals surface area contributed by atoms with E-state index in [1.54, 1.807) is 11.3 Å². The van der Waals surface area contributed by atoms with Crippen molar-refractivity contribution in [1.29, 1.82) is 0 Å². The summed E-state index contributed by atoms with van der Waals surface area (Å²) in [5.41, 5.74) is 1.17. The fourth-order valence-corrected chi connectivity index (χ4v) is 3.85. The molecule has 0 amide bonds. The van der Waals surface area contributed by atoms with Crippen molar-refractivity contribution in [2.24, 2.45) is 0 Å². The lowest BCUT2D eigenvalue weighted by atomic mass is 10.1. The molecule has 0 saturated carbocycles. The van der Waals surface area contributed by atoms with Gasteiger partial charge in [0.15, 0.2) is 0 Å². The van der Waals surface area contributed by atoms with Crippen LogP contribution in [0.25, 0.3) is 10.4 Å². The van der Waals surface area contributed by atoms with Crippen LogP contribution in [-0.4, -0.2) is 17.1 Å². The molecule has 1 atom stereocenters. The summed E-state index contributed by atoms with van der Waals surface area (Å²) in [6, 6.07) is 11.8. The van der Waals surface area contributed by atoms with E-state index < -0.39 is 12.0 Å². The zero-order valence-corrected chi connectivity index (χ0v) is 14.9. The third-order valence-corrected chi connectivity index (χ3v) is 5.28. The Bertz CT molecular complexity index is 627. The monoisotopic (exact) mass is 381 g/mol. The molecule has 1 aromatic carbocycles. The summed E-state index contributed by atoms with van der Waals surface area (Å²) in [6.07, 6.45) is 2.61. The number of carbonyl (C=O) groups is 1. The second-order valence-electron chi connectivity index (χ2n) is 5.16. The number of hydrogen-bond acceptors (Lipinski definition) is 3. The molecule has 5 heteroatoms. The topological polar surface area (TPSA) is 49.3 Å². The number of carboxylic acid groups (broad SMARTS) is 1. The van der Waals surface area contributed by atoms with Crippen LogP contribution in [-0.2, 0) is 11.3 Å². The van der Waals surface area contributed by atoms with Gasteiger partial charge in [0.1, 0.15) is 6.04 Å². The van der Waals surface area contributed by atoms with Crippen molar-refractivity contribution >= 4 is 33.2 Å². The summed E-state index contributed by atoms with van der Waals surface area (Å²) in [4.78, 5) is 13.6. The van der Waals surface area contributed by atoms with Crippen molar-refractivity contribution in [3.05, 3.63) is 45.7 Å². The summed E-state index contributed by atoms with van der Waals surface area (Å²) >= 11 is 5.26. The number of benzene rings is 1. The lowest BCUT2D eigenvalue weighted by Gasteiger charge is -2.13. The quantitative estimate of drug-likeness (QED) is 0.682. The first-order valence-corrected chi connectivity index (χ1v) is 9.02. The van der Waals surface area contributed by atoms with Gasteiger partial charge in [-0.15, -0.1) is 11.3 Å². The maximum absolute atomic E-state index is 11.2. The molecular formula is C17H20BrNO2S. The molecule has 0 bridgehead atoms. The highest BCUT2D eigenvalue weighted by Gasteiger charge is 2.16. The van der Waals surface area contributed by atoms with Crippen LogP contribution in [0.2, 0.25) is 0 Å². The van der Waals surface area contributed by atoms with E-state index in [1.165, 1.54) is 10.4 Å². The molecule has 2 aromatic rings. The minimum atomic E-state index is -0.768. The van der Waals surface area contributed by atoms with Gasteiger partial charge in [0.25, 0.3) is 0 Å². The molecule has 22 heavy (non-hydrogen) atoms. The minimum Gasteiger partial charge on any atom is -0.480 e. The number of rotatable bonds is 8. The largest absolute Gasteiger partial charge is 0.480 e.